The number of hydrogen-bond acceptors (Lipinski definition) is 7. The molecule has 5 aromatic rings. The summed E-state index contributed by atoms with van der Waals surface area (Å²) in [7, 11) is 1.65. The van der Waals surface area contributed by atoms with Crippen molar-refractivity contribution in [3.63, 3.8) is 0 Å². The molecule has 0 bridgehead atoms. The maximum absolute atomic E-state index is 5.22. The Morgan fingerprint density at radius 1 is 1.07 bits per heavy atom. The fourth-order valence-corrected chi connectivity index (χ4v) is 3.80. The minimum absolute atomic E-state index is 0.678. The highest BCUT2D eigenvalue weighted by Crippen LogP contribution is 2.30. The Bertz CT molecular complexity index is 1270. The molecule has 0 aliphatic rings. The van der Waals surface area contributed by atoms with Crippen LogP contribution in [-0.2, 0) is 0 Å². The first-order valence-electron chi connectivity index (χ1n) is 8.32. The summed E-state index contributed by atoms with van der Waals surface area (Å²) in [5, 5.41) is 15.2. The fraction of sp³-hybridized carbons (Fsp3) is 0.105. The molecule has 0 fully saturated rings. The van der Waals surface area contributed by atoms with Gasteiger partial charge in [0, 0.05) is 22.7 Å². The zero-order valence-corrected chi connectivity index (χ0v) is 15.4. The van der Waals surface area contributed by atoms with E-state index in [0.717, 1.165) is 43.6 Å². The zero-order valence-electron chi connectivity index (χ0n) is 14.6. The molecule has 0 unspecified atom stereocenters. The second-order valence-corrected chi connectivity index (χ2v) is 6.98. The first-order chi connectivity index (χ1) is 13.2. The van der Waals surface area contributed by atoms with Crippen molar-refractivity contribution in [3.05, 3.63) is 54.4 Å². The van der Waals surface area contributed by atoms with Crippen LogP contribution in [0.2, 0.25) is 0 Å². The van der Waals surface area contributed by atoms with Gasteiger partial charge in [-0.2, -0.15) is 9.61 Å². The molecule has 0 aliphatic carbocycles. The summed E-state index contributed by atoms with van der Waals surface area (Å²) in [4.78, 5) is 9.64. The molecular weight excluding hydrogens is 360 g/mol. The first-order valence-corrected chi connectivity index (χ1v) is 9.14. The van der Waals surface area contributed by atoms with Crippen LogP contribution in [0.3, 0.4) is 0 Å². The smallest absolute Gasteiger partial charge is 0.235 e. The van der Waals surface area contributed by atoms with Crippen molar-refractivity contribution < 1.29 is 4.74 Å². The molecule has 132 valence electrons. The number of ether oxygens (including phenoxy) is 1. The Morgan fingerprint density at radius 3 is 2.74 bits per heavy atom. The van der Waals surface area contributed by atoms with E-state index in [1.807, 2.05) is 49.4 Å². The molecule has 0 amide bonds. The Morgan fingerprint density at radius 2 is 1.93 bits per heavy atom. The summed E-state index contributed by atoms with van der Waals surface area (Å²) >= 11 is 1.49. The van der Waals surface area contributed by atoms with Gasteiger partial charge in [-0.05, 0) is 49.4 Å². The lowest BCUT2D eigenvalue weighted by molar-refractivity contribution is 0.415. The maximum Gasteiger partial charge on any atom is 0.235 e. The van der Waals surface area contributed by atoms with Gasteiger partial charge in [-0.25, -0.2) is 9.97 Å². The lowest BCUT2D eigenvalue weighted by atomic mass is 10.1. The van der Waals surface area contributed by atoms with Crippen molar-refractivity contribution in [1.29, 1.82) is 0 Å². The van der Waals surface area contributed by atoms with E-state index in [4.69, 9.17) is 9.84 Å². The van der Waals surface area contributed by atoms with E-state index >= 15 is 0 Å². The monoisotopic (exact) mass is 374 g/mol. The van der Waals surface area contributed by atoms with Gasteiger partial charge in [-0.15, -0.1) is 10.2 Å². The Hall–Kier alpha value is -3.39. The van der Waals surface area contributed by atoms with Gasteiger partial charge in [0.15, 0.2) is 11.5 Å². The largest absolute Gasteiger partial charge is 0.497 e. The summed E-state index contributed by atoms with van der Waals surface area (Å²) in [6.45, 7) is 1.95. The molecule has 4 heterocycles. The molecule has 0 atom stereocenters. The van der Waals surface area contributed by atoms with E-state index in [0.29, 0.717) is 5.82 Å². The third kappa shape index (κ3) is 2.61. The minimum atomic E-state index is 0.678. The van der Waals surface area contributed by atoms with E-state index in [-0.39, 0.29) is 0 Å². The molecular formula is C19H14N6OS. The van der Waals surface area contributed by atoms with Crippen LogP contribution in [0.5, 0.6) is 5.75 Å². The number of nitrogens with zero attached hydrogens (tertiary/aromatic N) is 6. The number of pyridine rings is 2. The van der Waals surface area contributed by atoms with Crippen LogP contribution in [0.4, 0.5) is 0 Å². The van der Waals surface area contributed by atoms with Gasteiger partial charge in [-0.3, -0.25) is 0 Å². The summed E-state index contributed by atoms with van der Waals surface area (Å²) in [6, 6.07) is 13.7. The van der Waals surface area contributed by atoms with Crippen molar-refractivity contribution in [1.82, 2.24) is 29.8 Å². The molecule has 8 heteroatoms. The SMILES string of the molecule is COc1ccc(-c2nn3c(-c4cc5cccnc5nc4C)nnc3s2)cc1. The summed E-state index contributed by atoms with van der Waals surface area (Å²) < 4.78 is 6.99. The first kappa shape index (κ1) is 15.8. The summed E-state index contributed by atoms with van der Waals surface area (Å²) in [6.07, 6.45) is 1.74. The van der Waals surface area contributed by atoms with Gasteiger partial charge in [0.05, 0.1) is 12.8 Å². The highest BCUT2D eigenvalue weighted by Gasteiger charge is 2.17. The Kier molecular flexibility index (Phi) is 3.58. The molecule has 0 N–H and O–H groups in total. The van der Waals surface area contributed by atoms with E-state index in [2.05, 4.69) is 20.2 Å². The predicted molar refractivity (Wildman–Crippen MR) is 104 cm³/mol. The number of aromatic nitrogens is 6. The molecule has 0 saturated heterocycles. The van der Waals surface area contributed by atoms with Crippen LogP contribution in [0, 0.1) is 6.92 Å². The Labute approximate surface area is 158 Å². The Balaban J connectivity index is 1.64. The molecule has 0 spiro atoms. The lowest BCUT2D eigenvalue weighted by Crippen LogP contribution is -1.96. The van der Waals surface area contributed by atoms with Crippen LogP contribution in [0.15, 0.2) is 48.7 Å². The molecule has 0 radical (unpaired) electrons. The number of aryl methyl sites for hydroxylation is 1. The molecule has 7 nitrogen and oxygen atoms in total. The van der Waals surface area contributed by atoms with Crippen LogP contribution >= 0.6 is 11.3 Å². The average molecular weight is 374 g/mol. The van der Waals surface area contributed by atoms with Crippen LogP contribution < -0.4 is 4.74 Å². The van der Waals surface area contributed by atoms with Crippen LogP contribution in [0.1, 0.15) is 5.69 Å². The molecule has 27 heavy (non-hydrogen) atoms. The third-order valence-corrected chi connectivity index (χ3v) is 5.30. The number of rotatable bonds is 3. The molecule has 0 saturated carbocycles. The van der Waals surface area contributed by atoms with Crippen molar-refractivity contribution in [2.45, 2.75) is 6.92 Å². The molecule has 1 aromatic carbocycles. The highest BCUT2D eigenvalue weighted by molar-refractivity contribution is 7.19. The van der Waals surface area contributed by atoms with Gasteiger partial charge in [0.2, 0.25) is 4.96 Å². The van der Waals surface area contributed by atoms with Crippen molar-refractivity contribution >= 4 is 27.3 Å². The van der Waals surface area contributed by atoms with Crippen molar-refractivity contribution in [2.75, 3.05) is 7.11 Å². The summed E-state index contributed by atoms with van der Waals surface area (Å²) in [5.74, 6) is 1.49. The molecule has 5 rings (SSSR count). The standard InChI is InChI=1S/C19H14N6OS/c1-11-15(10-13-4-3-9-20-16(13)21-11)17-22-23-19-25(17)24-18(27-19)12-5-7-14(26-2)8-6-12/h3-10H,1-2H3. The topological polar surface area (TPSA) is 78.1 Å². The van der Waals surface area contributed by atoms with Gasteiger partial charge >= 0.3 is 0 Å². The van der Waals surface area contributed by atoms with Gasteiger partial charge in [-0.1, -0.05) is 11.3 Å². The number of benzene rings is 1. The highest BCUT2D eigenvalue weighted by atomic mass is 32.1. The van der Waals surface area contributed by atoms with E-state index in [9.17, 15) is 0 Å². The molecule has 0 aliphatic heterocycles. The average Bonchev–Trinajstić information content (AvgIpc) is 3.28. The van der Waals surface area contributed by atoms with Crippen LogP contribution in [-0.4, -0.2) is 36.9 Å². The van der Waals surface area contributed by atoms with Gasteiger partial charge in [0.25, 0.3) is 0 Å². The third-order valence-electron chi connectivity index (χ3n) is 4.35. The maximum atomic E-state index is 5.22. The van der Waals surface area contributed by atoms with Crippen molar-refractivity contribution in [3.8, 4) is 27.7 Å². The normalized spacial score (nSPS) is 11.3. The number of hydrogen-bond donors (Lipinski definition) is 0. The van der Waals surface area contributed by atoms with Gasteiger partial charge < -0.3 is 4.74 Å². The van der Waals surface area contributed by atoms with E-state index in [1.165, 1.54) is 11.3 Å². The van der Waals surface area contributed by atoms with Gasteiger partial charge in [0.1, 0.15) is 10.8 Å². The van der Waals surface area contributed by atoms with Crippen molar-refractivity contribution in [2.24, 2.45) is 0 Å². The number of methoxy groups -OCH3 is 1. The lowest BCUT2D eigenvalue weighted by Gasteiger charge is -2.04. The quantitative estimate of drug-likeness (QED) is 0.478. The predicted octanol–water partition coefficient (Wildman–Crippen LogP) is 3.78. The second-order valence-electron chi connectivity index (χ2n) is 6.03. The summed E-state index contributed by atoms with van der Waals surface area (Å²) in [5.41, 5.74) is 3.47. The molecule has 4 aromatic heterocycles. The minimum Gasteiger partial charge on any atom is -0.497 e. The number of fused-ring (bicyclic) bond motifs is 2. The second kappa shape index (κ2) is 6.10. The fourth-order valence-electron chi connectivity index (χ4n) is 2.96. The van der Waals surface area contributed by atoms with E-state index < -0.39 is 0 Å². The van der Waals surface area contributed by atoms with E-state index in [1.54, 1.807) is 17.8 Å². The van der Waals surface area contributed by atoms with Crippen LogP contribution in [0.25, 0.3) is 38.0 Å². The zero-order chi connectivity index (χ0) is 18.4.